The van der Waals surface area contributed by atoms with Crippen molar-refractivity contribution in [1.82, 2.24) is 4.90 Å². The topological polar surface area (TPSA) is 59.5 Å². The van der Waals surface area contributed by atoms with Crippen LogP contribution in [-0.2, 0) is 0 Å². The number of carbonyl (C=O) groups is 1. The third-order valence-electron chi connectivity index (χ3n) is 3.47. The van der Waals surface area contributed by atoms with Gasteiger partial charge in [0.1, 0.15) is 5.76 Å². The van der Waals surface area contributed by atoms with E-state index in [1.165, 1.54) is 0 Å². The summed E-state index contributed by atoms with van der Waals surface area (Å²) in [5, 5.41) is 0.601. The predicted molar refractivity (Wildman–Crippen MR) is 77.6 cm³/mol. The Labute approximate surface area is 122 Å². The van der Waals surface area contributed by atoms with Gasteiger partial charge in [-0.1, -0.05) is 23.7 Å². The number of likely N-dealkylation sites (tertiary alicyclic amines) is 1. The van der Waals surface area contributed by atoms with E-state index in [4.69, 9.17) is 21.8 Å². The molecule has 2 N–H and O–H groups in total. The molecule has 2 aromatic rings. The highest BCUT2D eigenvalue weighted by Crippen LogP contribution is 2.29. The van der Waals surface area contributed by atoms with Gasteiger partial charge in [0, 0.05) is 24.7 Å². The molecule has 2 heterocycles. The summed E-state index contributed by atoms with van der Waals surface area (Å²) in [6.45, 7) is 1.27. The Morgan fingerprint density at radius 2 is 2.10 bits per heavy atom. The lowest BCUT2D eigenvalue weighted by Gasteiger charge is -2.13. The van der Waals surface area contributed by atoms with Crippen molar-refractivity contribution in [3.8, 4) is 11.3 Å². The molecule has 5 heteroatoms. The number of amides is 1. The van der Waals surface area contributed by atoms with Crippen molar-refractivity contribution in [2.45, 2.75) is 12.5 Å². The van der Waals surface area contributed by atoms with Crippen LogP contribution in [0.5, 0.6) is 0 Å². The van der Waals surface area contributed by atoms with Crippen molar-refractivity contribution in [2.24, 2.45) is 5.73 Å². The molecule has 0 saturated carbocycles. The van der Waals surface area contributed by atoms with Crippen molar-refractivity contribution in [3.05, 3.63) is 47.2 Å². The molecule has 1 saturated heterocycles. The van der Waals surface area contributed by atoms with Crippen LogP contribution >= 0.6 is 11.6 Å². The normalized spacial score (nSPS) is 18.5. The van der Waals surface area contributed by atoms with Crippen molar-refractivity contribution in [2.75, 3.05) is 13.1 Å². The van der Waals surface area contributed by atoms with Gasteiger partial charge >= 0.3 is 0 Å². The molecule has 0 radical (unpaired) electrons. The second-order valence-electron chi connectivity index (χ2n) is 4.94. The number of halogens is 1. The summed E-state index contributed by atoms with van der Waals surface area (Å²) in [6.07, 6.45) is 0.837. The molecule has 0 aliphatic carbocycles. The van der Waals surface area contributed by atoms with E-state index < -0.39 is 0 Å². The number of benzene rings is 1. The van der Waals surface area contributed by atoms with Crippen molar-refractivity contribution >= 4 is 17.5 Å². The van der Waals surface area contributed by atoms with Gasteiger partial charge in [0.15, 0.2) is 5.76 Å². The molecule has 1 amide bonds. The minimum absolute atomic E-state index is 0.0666. The number of hydrogen-bond acceptors (Lipinski definition) is 3. The van der Waals surface area contributed by atoms with Gasteiger partial charge in [0.2, 0.25) is 0 Å². The Hall–Kier alpha value is -1.78. The van der Waals surface area contributed by atoms with Gasteiger partial charge in [-0.15, -0.1) is 0 Å². The lowest BCUT2D eigenvalue weighted by Crippen LogP contribution is -2.31. The molecule has 1 aliphatic rings. The maximum Gasteiger partial charge on any atom is 0.289 e. The Morgan fingerprint density at radius 1 is 1.30 bits per heavy atom. The molecule has 1 aliphatic heterocycles. The van der Waals surface area contributed by atoms with Crippen molar-refractivity contribution in [1.29, 1.82) is 0 Å². The molecule has 0 bridgehead atoms. The molecular formula is C15H15ClN2O2. The van der Waals surface area contributed by atoms with E-state index in [-0.39, 0.29) is 11.9 Å². The molecule has 0 spiro atoms. The highest BCUT2D eigenvalue weighted by molar-refractivity contribution is 6.33. The minimum Gasteiger partial charge on any atom is -0.451 e. The number of furan rings is 1. The first-order chi connectivity index (χ1) is 9.65. The largest absolute Gasteiger partial charge is 0.451 e. The van der Waals surface area contributed by atoms with E-state index in [1.807, 2.05) is 18.2 Å². The number of rotatable bonds is 2. The van der Waals surface area contributed by atoms with E-state index in [0.717, 1.165) is 12.0 Å². The van der Waals surface area contributed by atoms with Crippen LogP contribution in [-0.4, -0.2) is 29.9 Å². The van der Waals surface area contributed by atoms with Gasteiger partial charge in [0.05, 0.1) is 5.02 Å². The van der Waals surface area contributed by atoms with Crippen LogP contribution in [0.1, 0.15) is 17.0 Å². The van der Waals surface area contributed by atoms with E-state index >= 15 is 0 Å². The molecule has 4 nitrogen and oxygen atoms in total. The SMILES string of the molecule is N[C@@H]1CCN(C(=O)c2ccc(-c3ccccc3Cl)o2)C1. The van der Waals surface area contributed by atoms with E-state index in [2.05, 4.69) is 0 Å². The Bertz CT molecular complexity index is 638. The zero-order valence-corrected chi connectivity index (χ0v) is 11.6. The maximum atomic E-state index is 12.3. The molecule has 104 valence electrons. The molecule has 0 unspecified atom stereocenters. The lowest BCUT2D eigenvalue weighted by molar-refractivity contribution is 0.0760. The summed E-state index contributed by atoms with van der Waals surface area (Å²) in [5.74, 6) is 0.813. The van der Waals surface area contributed by atoms with Gasteiger partial charge in [0.25, 0.3) is 5.91 Å². The maximum absolute atomic E-state index is 12.3. The molecule has 20 heavy (non-hydrogen) atoms. The van der Waals surface area contributed by atoms with Crippen LogP contribution in [0.25, 0.3) is 11.3 Å². The molecule has 3 rings (SSSR count). The van der Waals surface area contributed by atoms with Gasteiger partial charge in [-0.05, 0) is 30.7 Å². The standard InChI is InChI=1S/C15H15ClN2O2/c16-12-4-2-1-3-11(12)13-5-6-14(20-13)15(19)18-8-7-10(17)9-18/h1-6,10H,7-9,17H2/t10-/m1/s1. The predicted octanol–water partition coefficient (Wildman–Crippen LogP) is 2.77. The first-order valence-electron chi connectivity index (χ1n) is 6.55. The van der Waals surface area contributed by atoms with Crippen molar-refractivity contribution < 1.29 is 9.21 Å². The third kappa shape index (κ3) is 2.44. The van der Waals surface area contributed by atoms with Crippen LogP contribution in [0, 0.1) is 0 Å². The lowest BCUT2D eigenvalue weighted by atomic mass is 10.2. The molecule has 1 aromatic carbocycles. The fraction of sp³-hybridized carbons (Fsp3) is 0.267. The van der Waals surface area contributed by atoms with Crippen molar-refractivity contribution in [3.63, 3.8) is 0 Å². The van der Waals surface area contributed by atoms with Crippen LogP contribution < -0.4 is 5.73 Å². The molecule has 1 aromatic heterocycles. The summed E-state index contributed by atoms with van der Waals surface area (Å²) in [4.78, 5) is 14.0. The minimum atomic E-state index is -0.115. The quantitative estimate of drug-likeness (QED) is 0.925. The summed E-state index contributed by atoms with van der Waals surface area (Å²) < 4.78 is 5.64. The van der Waals surface area contributed by atoms with E-state index in [9.17, 15) is 4.79 Å². The van der Waals surface area contributed by atoms with E-state index in [1.54, 1.807) is 23.1 Å². The van der Waals surface area contributed by atoms with Gasteiger partial charge in [-0.2, -0.15) is 0 Å². The summed E-state index contributed by atoms with van der Waals surface area (Å²) in [6, 6.07) is 10.9. The average Bonchev–Trinajstić information content (AvgIpc) is 3.07. The zero-order chi connectivity index (χ0) is 14.1. The van der Waals surface area contributed by atoms with Gasteiger partial charge in [-0.3, -0.25) is 4.79 Å². The highest BCUT2D eigenvalue weighted by atomic mass is 35.5. The molecule has 1 fully saturated rings. The average molecular weight is 291 g/mol. The second-order valence-corrected chi connectivity index (χ2v) is 5.35. The van der Waals surface area contributed by atoms with Crippen LogP contribution in [0.15, 0.2) is 40.8 Å². The number of nitrogens with two attached hydrogens (primary N) is 1. The fourth-order valence-corrected chi connectivity index (χ4v) is 2.62. The Balaban J connectivity index is 1.84. The summed E-state index contributed by atoms with van der Waals surface area (Å²) >= 11 is 6.12. The van der Waals surface area contributed by atoms with Crippen LogP contribution in [0.3, 0.4) is 0 Å². The number of carbonyl (C=O) groups excluding carboxylic acids is 1. The Morgan fingerprint density at radius 3 is 2.80 bits per heavy atom. The monoisotopic (exact) mass is 290 g/mol. The third-order valence-corrected chi connectivity index (χ3v) is 3.80. The first-order valence-corrected chi connectivity index (χ1v) is 6.92. The number of nitrogens with zero attached hydrogens (tertiary/aromatic N) is 1. The summed E-state index contributed by atoms with van der Waals surface area (Å²) in [5.41, 5.74) is 6.60. The first kappa shape index (κ1) is 13.2. The highest BCUT2D eigenvalue weighted by Gasteiger charge is 2.26. The number of hydrogen-bond donors (Lipinski definition) is 1. The fourth-order valence-electron chi connectivity index (χ4n) is 2.39. The molecule has 1 atom stereocenters. The van der Waals surface area contributed by atoms with Crippen LogP contribution in [0.2, 0.25) is 5.02 Å². The molecular weight excluding hydrogens is 276 g/mol. The smallest absolute Gasteiger partial charge is 0.289 e. The van der Waals surface area contributed by atoms with Gasteiger partial charge < -0.3 is 15.1 Å². The van der Waals surface area contributed by atoms with E-state index in [0.29, 0.717) is 29.6 Å². The van der Waals surface area contributed by atoms with Gasteiger partial charge in [-0.25, -0.2) is 0 Å². The van der Waals surface area contributed by atoms with Crippen LogP contribution in [0.4, 0.5) is 0 Å². The second kappa shape index (κ2) is 5.31. The summed E-state index contributed by atoms with van der Waals surface area (Å²) in [7, 11) is 0. The zero-order valence-electron chi connectivity index (χ0n) is 10.9. The Kier molecular flexibility index (Phi) is 3.51.